The molecule has 2 aliphatic carbocycles. The predicted molar refractivity (Wildman–Crippen MR) is 76.7 cm³/mol. The normalized spacial score (nSPS) is 42.4. The molecule has 4 heteroatoms. The predicted octanol–water partition coefficient (Wildman–Crippen LogP) is 1.68. The van der Waals surface area contributed by atoms with Crippen LogP contribution in [0.2, 0.25) is 0 Å². The van der Waals surface area contributed by atoms with Gasteiger partial charge in [0.15, 0.2) is 23.4 Å². The van der Waals surface area contributed by atoms with Crippen LogP contribution in [0.4, 0.5) is 0 Å². The van der Waals surface area contributed by atoms with Crippen molar-refractivity contribution in [2.75, 3.05) is 6.54 Å². The van der Waals surface area contributed by atoms with Gasteiger partial charge in [0.1, 0.15) is 0 Å². The highest BCUT2D eigenvalue weighted by Crippen LogP contribution is 2.66. The number of benzene rings is 1. The summed E-state index contributed by atoms with van der Waals surface area (Å²) in [5.41, 5.74) is 2.19. The van der Waals surface area contributed by atoms with Crippen LogP contribution in [-0.4, -0.2) is 29.6 Å². The molecule has 0 aromatic heterocycles. The van der Waals surface area contributed by atoms with Crippen molar-refractivity contribution in [3.63, 3.8) is 0 Å². The number of carbonyl (C=O) groups excluding carboxylic acids is 1. The van der Waals surface area contributed by atoms with Crippen LogP contribution >= 0.6 is 0 Å². The molecule has 2 fully saturated rings. The van der Waals surface area contributed by atoms with Gasteiger partial charge in [-0.15, -0.1) is 0 Å². The van der Waals surface area contributed by atoms with Gasteiger partial charge in [-0.3, -0.25) is 4.79 Å². The fourth-order valence-electron chi connectivity index (χ4n) is 5.62. The monoisotopic (exact) mass is 285 g/mol. The minimum Gasteiger partial charge on any atom is -0.504 e. The van der Waals surface area contributed by atoms with E-state index in [-0.39, 0.29) is 22.4 Å². The Morgan fingerprint density at radius 1 is 1.38 bits per heavy atom. The summed E-state index contributed by atoms with van der Waals surface area (Å²) in [5.74, 6) is 0.973. The van der Waals surface area contributed by atoms with Gasteiger partial charge >= 0.3 is 0 Å². The Morgan fingerprint density at radius 3 is 3.10 bits per heavy atom. The summed E-state index contributed by atoms with van der Waals surface area (Å²) >= 11 is 0. The number of hydrogen-bond donors (Lipinski definition) is 2. The summed E-state index contributed by atoms with van der Waals surface area (Å²) in [7, 11) is 0. The average Bonchev–Trinajstić information content (AvgIpc) is 2.80. The maximum Gasteiger partial charge on any atom is 0.174 e. The van der Waals surface area contributed by atoms with Gasteiger partial charge in [0.2, 0.25) is 0 Å². The molecule has 1 aromatic rings. The molecule has 5 rings (SSSR count). The highest BCUT2D eigenvalue weighted by atomic mass is 16.5. The number of carbonyl (C=O) groups is 1. The minimum absolute atomic E-state index is 0.0376. The van der Waals surface area contributed by atoms with Crippen molar-refractivity contribution in [1.29, 1.82) is 0 Å². The number of Topliss-reactive ketones (excluding diaryl/α,β-unsaturated/α-hetero) is 1. The molecule has 1 saturated heterocycles. The first-order valence-electron chi connectivity index (χ1n) is 7.86. The first-order chi connectivity index (χ1) is 10.1. The Morgan fingerprint density at radius 2 is 2.24 bits per heavy atom. The van der Waals surface area contributed by atoms with E-state index in [0.29, 0.717) is 18.2 Å². The molecule has 0 amide bonds. The van der Waals surface area contributed by atoms with E-state index in [1.807, 2.05) is 6.07 Å². The quantitative estimate of drug-likeness (QED) is 0.761. The number of ketones is 1. The van der Waals surface area contributed by atoms with Gasteiger partial charge in [-0.2, -0.15) is 0 Å². The van der Waals surface area contributed by atoms with E-state index in [4.69, 9.17) is 4.74 Å². The summed E-state index contributed by atoms with van der Waals surface area (Å²) in [5, 5.41) is 13.9. The Bertz CT molecular complexity index is 685. The summed E-state index contributed by atoms with van der Waals surface area (Å²) in [6, 6.07) is 4.12. The number of piperidine rings is 1. The number of nitrogens with one attached hydrogen (secondary N) is 1. The van der Waals surface area contributed by atoms with Crippen molar-refractivity contribution in [2.45, 2.75) is 50.2 Å². The van der Waals surface area contributed by atoms with Crippen LogP contribution in [0.1, 0.15) is 37.3 Å². The Hall–Kier alpha value is -1.55. The highest BCUT2D eigenvalue weighted by Gasteiger charge is 2.70. The molecule has 1 aromatic carbocycles. The molecular formula is C17H19NO3. The zero-order valence-corrected chi connectivity index (χ0v) is 12.1. The van der Waals surface area contributed by atoms with Crippen molar-refractivity contribution in [3.8, 4) is 11.5 Å². The zero-order chi connectivity index (χ0) is 14.4. The topological polar surface area (TPSA) is 58.6 Å². The lowest BCUT2D eigenvalue weighted by molar-refractivity contribution is -0.142. The van der Waals surface area contributed by atoms with E-state index in [0.717, 1.165) is 31.4 Å². The van der Waals surface area contributed by atoms with Crippen LogP contribution in [0.5, 0.6) is 11.5 Å². The first kappa shape index (κ1) is 12.0. The standard InChI is InChI=1S/C17H19NO3/c1-16-5-4-11(20)15-17(16)6-7-18-12(16)8-9-2-3-10(19)14(21-15)13(9)17/h2-3,12,15,18-19H,4-8H2,1H3/t12-,15+,16+,17+/m1/s1. The third-order valence-electron chi connectivity index (χ3n) is 6.66. The molecule has 1 saturated carbocycles. The van der Waals surface area contributed by atoms with Crippen LogP contribution in [0.15, 0.2) is 12.1 Å². The van der Waals surface area contributed by atoms with Gasteiger partial charge in [0.25, 0.3) is 0 Å². The van der Waals surface area contributed by atoms with E-state index in [1.54, 1.807) is 6.07 Å². The number of hydrogen-bond acceptors (Lipinski definition) is 4. The lowest BCUT2D eigenvalue weighted by Gasteiger charge is -2.61. The fourth-order valence-corrected chi connectivity index (χ4v) is 5.62. The summed E-state index contributed by atoms with van der Waals surface area (Å²) in [6.07, 6.45) is 2.98. The summed E-state index contributed by atoms with van der Waals surface area (Å²) in [4.78, 5) is 12.5. The lowest BCUT2D eigenvalue weighted by atomic mass is 9.44. The second-order valence-electron chi connectivity index (χ2n) is 7.26. The summed E-state index contributed by atoms with van der Waals surface area (Å²) in [6.45, 7) is 3.23. The van der Waals surface area contributed by atoms with Gasteiger partial charge in [0.05, 0.1) is 5.41 Å². The molecule has 1 spiro atoms. The van der Waals surface area contributed by atoms with E-state index >= 15 is 0 Å². The number of phenols is 1. The fraction of sp³-hybridized carbons (Fsp3) is 0.588. The Kier molecular flexibility index (Phi) is 1.97. The van der Waals surface area contributed by atoms with Crippen LogP contribution in [-0.2, 0) is 16.6 Å². The third-order valence-corrected chi connectivity index (χ3v) is 6.66. The Labute approximate surface area is 123 Å². The number of phenolic OH excluding ortho intramolecular Hbond substituents is 1. The second kappa shape index (κ2) is 3.43. The molecule has 4 aliphatic rings. The molecule has 110 valence electrons. The van der Waals surface area contributed by atoms with Gasteiger partial charge in [-0.25, -0.2) is 0 Å². The Balaban J connectivity index is 1.89. The average molecular weight is 285 g/mol. The molecule has 0 radical (unpaired) electrons. The minimum atomic E-state index is -0.400. The first-order valence-corrected chi connectivity index (χ1v) is 7.86. The number of ether oxygens (including phenoxy) is 1. The highest BCUT2D eigenvalue weighted by molar-refractivity contribution is 5.89. The molecule has 4 nitrogen and oxygen atoms in total. The van der Waals surface area contributed by atoms with Gasteiger partial charge in [-0.1, -0.05) is 13.0 Å². The third kappa shape index (κ3) is 1.10. The maximum atomic E-state index is 12.5. The smallest absolute Gasteiger partial charge is 0.174 e. The van der Waals surface area contributed by atoms with Crippen LogP contribution in [0.3, 0.4) is 0 Å². The maximum absolute atomic E-state index is 12.5. The molecule has 21 heavy (non-hydrogen) atoms. The largest absolute Gasteiger partial charge is 0.504 e. The van der Waals surface area contributed by atoms with Crippen LogP contribution in [0, 0.1) is 5.41 Å². The van der Waals surface area contributed by atoms with Crippen molar-refractivity contribution < 1.29 is 14.6 Å². The van der Waals surface area contributed by atoms with E-state index in [9.17, 15) is 9.90 Å². The second-order valence-corrected chi connectivity index (χ2v) is 7.26. The molecule has 0 unspecified atom stereocenters. The van der Waals surface area contributed by atoms with Crippen LogP contribution < -0.4 is 10.1 Å². The van der Waals surface area contributed by atoms with Gasteiger partial charge < -0.3 is 15.2 Å². The van der Waals surface area contributed by atoms with Crippen molar-refractivity contribution in [2.24, 2.45) is 5.41 Å². The molecule has 4 atom stereocenters. The molecule has 2 heterocycles. The van der Waals surface area contributed by atoms with Crippen LogP contribution in [0.25, 0.3) is 0 Å². The number of rotatable bonds is 0. The van der Waals surface area contributed by atoms with Crippen molar-refractivity contribution in [3.05, 3.63) is 23.3 Å². The van der Waals surface area contributed by atoms with Gasteiger partial charge in [0, 0.05) is 18.0 Å². The summed E-state index contributed by atoms with van der Waals surface area (Å²) < 4.78 is 6.06. The van der Waals surface area contributed by atoms with Crippen molar-refractivity contribution in [1.82, 2.24) is 5.32 Å². The van der Waals surface area contributed by atoms with Gasteiger partial charge in [-0.05, 0) is 42.9 Å². The molecule has 2 N–H and O–H groups in total. The van der Waals surface area contributed by atoms with E-state index in [2.05, 4.69) is 12.2 Å². The van der Waals surface area contributed by atoms with E-state index < -0.39 is 6.10 Å². The molecular weight excluding hydrogens is 266 g/mol. The molecule has 2 bridgehead atoms. The SMILES string of the molecule is C[C@@]12CCC(=O)[C@@H]3Oc4c(O)ccc5c4[C@@]31CCN[C@@H]2C5. The zero-order valence-electron chi connectivity index (χ0n) is 12.1. The number of aromatic hydroxyl groups is 1. The van der Waals surface area contributed by atoms with E-state index in [1.165, 1.54) is 5.56 Å². The lowest BCUT2D eigenvalue weighted by Crippen LogP contribution is -2.70. The molecule has 2 aliphatic heterocycles. The van der Waals surface area contributed by atoms with Crippen molar-refractivity contribution >= 4 is 5.78 Å².